The number of rotatable bonds is 11. The van der Waals surface area contributed by atoms with Gasteiger partial charge in [-0.3, -0.25) is 9.20 Å². The number of carbonyl (C=O) groups is 2. The SMILES string of the molecule is CCCCN1N=C(C)C(C(=O)OCC)=S1Cc1ccn2c(CCC(=O)O)c(-c3ccccc3)nc2n1. The predicted octanol–water partition coefficient (Wildman–Crippen LogP) is 4.32. The summed E-state index contributed by atoms with van der Waals surface area (Å²) in [5, 5.41) is 13.9. The van der Waals surface area contributed by atoms with Crippen LogP contribution in [0.5, 0.6) is 0 Å². The molecule has 4 rings (SSSR count). The Labute approximate surface area is 212 Å². The summed E-state index contributed by atoms with van der Waals surface area (Å²) in [7, 11) is -0.610. The average molecular weight is 510 g/mol. The van der Waals surface area contributed by atoms with Crippen LogP contribution in [-0.4, -0.2) is 59.6 Å². The van der Waals surface area contributed by atoms with Crippen LogP contribution in [0.15, 0.2) is 47.7 Å². The Morgan fingerprint density at radius 3 is 2.58 bits per heavy atom. The Bertz CT molecular complexity index is 1330. The van der Waals surface area contributed by atoms with Crippen LogP contribution in [0.3, 0.4) is 0 Å². The Morgan fingerprint density at radius 2 is 1.89 bits per heavy atom. The van der Waals surface area contributed by atoms with Crippen LogP contribution in [0.2, 0.25) is 0 Å². The van der Waals surface area contributed by atoms with Gasteiger partial charge < -0.3 is 9.84 Å². The smallest absolute Gasteiger partial charge is 0.347 e. The van der Waals surface area contributed by atoms with E-state index in [1.54, 1.807) is 6.92 Å². The number of benzene rings is 1. The van der Waals surface area contributed by atoms with Gasteiger partial charge in [-0.25, -0.2) is 19.2 Å². The fourth-order valence-electron chi connectivity index (χ4n) is 4.11. The summed E-state index contributed by atoms with van der Waals surface area (Å²) in [4.78, 5) is 34.3. The maximum absolute atomic E-state index is 12.8. The Kier molecular flexibility index (Phi) is 8.14. The lowest BCUT2D eigenvalue weighted by Gasteiger charge is -2.20. The quantitative estimate of drug-likeness (QED) is 0.303. The van der Waals surface area contributed by atoms with E-state index < -0.39 is 16.6 Å². The molecule has 0 fully saturated rings. The molecule has 3 aromatic rings. The number of carboxylic acids is 1. The van der Waals surface area contributed by atoms with Crippen molar-refractivity contribution in [1.82, 2.24) is 18.8 Å². The van der Waals surface area contributed by atoms with E-state index in [0.717, 1.165) is 42.0 Å². The first-order valence-electron chi connectivity index (χ1n) is 12.1. The van der Waals surface area contributed by atoms with Crippen LogP contribution < -0.4 is 0 Å². The van der Waals surface area contributed by atoms with Gasteiger partial charge in [0, 0.05) is 24.7 Å². The summed E-state index contributed by atoms with van der Waals surface area (Å²) in [5.41, 5.74) is 3.93. The van der Waals surface area contributed by atoms with Crippen molar-refractivity contribution in [1.29, 1.82) is 0 Å². The first-order valence-corrected chi connectivity index (χ1v) is 13.5. The van der Waals surface area contributed by atoms with E-state index in [1.807, 2.05) is 58.3 Å². The average Bonchev–Trinajstić information content (AvgIpc) is 3.38. The van der Waals surface area contributed by atoms with E-state index in [0.29, 0.717) is 35.1 Å². The third kappa shape index (κ3) is 5.48. The maximum atomic E-state index is 12.8. The van der Waals surface area contributed by atoms with Crippen molar-refractivity contribution in [2.75, 3.05) is 13.2 Å². The minimum atomic E-state index is -0.861. The van der Waals surface area contributed by atoms with Crippen molar-refractivity contribution in [3.8, 4) is 11.3 Å². The number of ether oxygens (including phenoxy) is 1. The minimum absolute atomic E-state index is 0.000298. The van der Waals surface area contributed by atoms with E-state index in [1.165, 1.54) is 0 Å². The highest BCUT2D eigenvalue weighted by Crippen LogP contribution is 2.33. The normalized spacial score (nSPS) is 15.4. The predicted molar refractivity (Wildman–Crippen MR) is 142 cm³/mol. The van der Waals surface area contributed by atoms with Gasteiger partial charge in [0.2, 0.25) is 5.78 Å². The fourth-order valence-corrected chi connectivity index (χ4v) is 6.25. The number of aromatic nitrogens is 3. The molecule has 0 radical (unpaired) electrons. The van der Waals surface area contributed by atoms with Gasteiger partial charge in [-0.2, -0.15) is 5.10 Å². The molecule has 36 heavy (non-hydrogen) atoms. The molecule has 0 saturated carbocycles. The molecule has 190 valence electrons. The molecule has 9 nitrogen and oxygen atoms in total. The number of nitrogens with zero attached hydrogens (tertiary/aromatic N) is 5. The largest absolute Gasteiger partial charge is 0.481 e. The lowest BCUT2D eigenvalue weighted by atomic mass is 10.1. The Balaban J connectivity index is 1.74. The molecular weight excluding hydrogens is 478 g/mol. The van der Waals surface area contributed by atoms with Crippen molar-refractivity contribution in [2.24, 2.45) is 5.10 Å². The third-order valence-corrected chi connectivity index (χ3v) is 8.08. The molecule has 0 spiro atoms. The van der Waals surface area contributed by atoms with E-state index in [2.05, 4.69) is 12.0 Å². The highest BCUT2D eigenvalue weighted by molar-refractivity contribution is 8.15. The molecular formula is C26H31N5O4S. The van der Waals surface area contributed by atoms with Crippen LogP contribution >= 0.6 is 10.7 Å². The third-order valence-electron chi connectivity index (χ3n) is 5.80. The van der Waals surface area contributed by atoms with Gasteiger partial charge in [-0.15, -0.1) is 0 Å². The topological polar surface area (TPSA) is 109 Å². The monoisotopic (exact) mass is 509 g/mol. The van der Waals surface area contributed by atoms with Gasteiger partial charge in [0.1, 0.15) is 4.86 Å². The first-order chi connectivity index (χ1) is 17.4. The Morgan fingerprint density at radius 1 is 1.11 bits per heavy atom. The molecule has 1 N–H and O–H groups in total. The number of hydrogen-bond acceptors (Lipinski definition) is 7. The number of carbonyl (C=O) groups excluding carboxylic acids is 1. The number of carboxylic acid groups (broad SMARTS) is 1. The number of hydrogen-bond donors (Lipinski definition) is 1. The summed E-state index contributed by atoms with van der Waals surface area (Å²) < 4.78 is 9.20. The minimum Gasteiger partial charge on any atom is -0.481 e. The number of aryl methyl sites for hydroxylation is 1. The van der Waals surface area contributed by atoms with Crippen molar-refractivity contribution in [3.05, 3.63) is 54.0 Å². The number of hydrazone groups is 1. The molecule has 0 amide bonds. The van der Waals surface area contributed by atoms with E-state index in [9.17, 15) is 14.7 Å². The zero-order chi connectivity index (χ0) is 25.7. The van der Waals surface area contributed by atoms with Gasteiger partial charge in [-0.1, -0.05) is 54.3 Å². The first kappa shape index (κ1) is 25.6. The molecule has 1 aromatic carbocycles. The molecule has 1 aliphatic heterocycles. The summed E-state index contributed by atoms with van der Waals surface area (Å²) in [6, 6.07) is 11.6. The highest BCUT2D eigenvalue weighted by atomic mass is 32.2. The fraction of sp³-hybridized carbons (Fsp3) is 0.385. The molecule has 1 atom stereocenters. The highest BCUT2D eigenvalue weighted by Gasteiger charge is 2.29. The molecule has 0 bridgehead atoms. The molecule has 2 aromatic heterocycles. The number of imidazole rings is 1. The van der Waals surface area contributed by atoms with Crippen LogP contribution in [0.1, 0.15) is 51.4 Å². The van der Waals surface area contributed by atoms with Crippen LogP contribution in [0.4, 0.5) is 0 Å². The van der Waals surface area contributed by atoms with Crippen LogP contribution in [0.25, 0.3) is 17.0 Å². The van der Waals surface area contributed by atoms with Crippen molar-refractivity contribution >= 4 is 39.0 Å². The second-order valence-electron chi connectivity index (χ2n) is 8.43. The van der Waals surface area contributed by atoms with Crippen molar-refractivity contribution in [2.45, 2.75) is 52.2 Å². The van der Waals surface area contributed by atoms with E-state index >= 15 is 0 Å². The standard InChI is InChI=1S/C26H31N5O4S/c1-4-6-15-31-29-18(3)24(25(34)35-5-2)36(31)17-20-14-16-30-21(12-13-22(32)33)23(28-26(30)27-20)19-10-8-7-9-11-19/h7-11,14,16H,4-6,12-13,15,17H2,1-3H3,(H,32,33). The molecule has 10 heteroatoms. The van der Waals surface area contributed by atoms with Crippen molar-refractivity contribution < 1.29 is 19.4 Å². The molecule has 3 heterocycles. The maximum Gasteiger partial charge on any atom is 0.347 e. The number of fused-ring (bicyclic) bond motifs is 1. The molecule has 1 unspecified atom stereocenters. The summed E-state index contributed by atoms with van der Waals surface area (Å²) >= 11 is 0. The Hall–Kier alpha value is -3.53. The second kappa shape index (κ2) is 11.5. The van der Waals surface area contributed by atoms with Crippen LogP contribution in [0, 0.1) is 0 Å². The molecule has 1 aliphatic rings. The molecule has 0 aliphatic carbocycles. The lowest BCUT2D eigenvalue weighted by Crippen LogP contribution is -2.23. The summed E-state index contributed by atoms with van der Waals surface area (Å²) in [6.07, 6.45) is 4.22. The lowest BCUT2D eigenvalue weighted by molar-refractivity contribution is -0.137. The zero-order valence-corrected chi connectivity index (χ0v) is 21.6. The van der Waals surface area contributed by atoms with E-state index in [4.69, 9.17) is 14.7 Å². The number of aliphatic carboxylic acids is 1. The van der Waals surface area contributed by atoms with Gasteiger partial charge >= 0.3 is 11.9 Å². The van der Waals surface area contributed by atoms with Gasteiger partial charge in [0.05, 0.1) is 41.6 Å². The van der Waals surface area contributed by atoms with Gasteiger partial charge in [0.25, 0.3) is 0 Å². The second-order valence-corrected chi connectivity index (χ2v) is 10.3. The van der Waals surface area contributed by atoms with Gasteiger partial charge in [0.15, 0.2) is 0 Å². The zero-order valence-electron chi connectivity index (χ0n) is 20.8. The molecule has 0 saturated heterocycles. The van der Waals surface area contributed by atoms with Gasteiger partial charge in [-0.05, 0) is 26.3 Å². The summed E-state index contributed by atoms with van der Waals surface area (Å²) in [5.74, 6) is -0.177. The van der Waals surface area contributed by atoms with Crippen molar-refractivity contribution in [3.63, 3.8) is 0 Å². The van der Waals surface area contributed by atoms with E-state index in [-0.39, 0.29) is 12.4 Å². The number of esters is 1. The van der Waals surface area contributed by atoms with Crippen LogP contribution in [-0.2, 0) is 26.5 Å². The number of unbranched alkanes of at least 4 members (excludes halogenated alkanes) is 1. The summed E-state index contributed by atoms with van der Waals surface area (Å²) in [6.45, 7) is 6.84.